The summed E-state index contributed by atoms with van der Waals surface area (Å²) < 4.78 is 4.04. The fraction of sp³-hybridized carbons (Fsp3) is 0.407. The van der Waals surface area contributed by atoms with E-state index in [4.69, 9.17) is 5.11 Å². The molecule has 0 saturated carbocycles. The predicted molar refractivity (Wildman–Crippen MR) is 152 cm³/mol. The number of carbonyl (C=O) groups is 3. The number of rotatable bonds is 5. The smallest absolute Gasteiger partial charge is 0.332 e. The van der Waals surface area contributed by atoms with E-state index in [1.165, 1.54) is 37.0 Å². The molecular formula is C27H37N7O6. The molecule has 4 N–H and O–H groups in total. The van der Waals surface area contributed by atoms with Crippen molar-refractivity contribution in [1.82, 2.24) is 29.3 Å². The summed E-state index contributed by atoms with van der Waals surface area (Å²) >= 11 is 0. The Morgan fingerprint density at radius 2 is 1.77 bits per heavy atom. The third-order valence-electron chi connectivity index (χ3n) is 6.13. The van der Waals surface area contributed by atoms with Crippen LogP contribution in [0.2, 0.25) is 0 Å². The van der Waals surface area contributed by atoms with Gasteiger partial charge in [0.25, 0.3) is 5.56 Å². The van der Waals surface area contributed by atoms with Crippen LogP contribution in [0.15, 0.2) is 52.8 Å². The molecule has 1 saturated heterocycles. The number of allylic oxidation sites excluding steroid dienone is 1. The van der Waals surface area contributed by atoms with Crippen LogP contribution in [0.25, 0.3) is 11.2 Å². The Labute approximate surface area is 231 Å². The lowest BCUT2D eigenvalue weighted by atomic mass is 9.75. The minimum atomic E-state index is -0.510. The van der Waals surface area contributed by atoms with E-state index in [9.17, 15) is 24.0 Å². The number of aryl methyl sites for hydroxylation is 2. The molecule has 1 atom stereocenters. The number of urea groups is 1. The number of amides is 4. The summed E-state index contributed by atoms with van der Waals surface area (Å²) in [6, 6.07) is 5.91. The van der Waals surface area contributed by atoms with Crippen molar-refractivity contribution in [1.29, 1.82) is 0 Å². The highest BCUT2D eigenvalue weighted by Gasteiger charge is 2.41. The van der Waals surface area contributed by atoms with Gasteiger partial charge in [0.1, 0.15) is 5.75 Å². The maximum atomic E-state index is 11.8. The number of phenols is 1. The zero-order valence-electron chi connectivity index (χ0n) is 23.6. The molecule has 1 aromatic carbocycles. The molecule has 1 aliphatic rings. The van der Waals surface area contributed by atoms with Crippen LogP contribution in [-0.2, 0) is 30.7 Å². The number of hydrogen-bond donors (Lipinski definition) is 4. The van der Waals surface area contributed by atoms with Crippen LogP contribution in [0.5, 0.6) is 5.75 Å². The van der Waals surface area contributed by atoms with E-state index in [-0.39, 0.29) is 28.8 Å². The standard InChI is InChI=1S/C11H18N2O2.C8H10N4O2.C8H9NO2/c1-4-5-11(6-8(2)3)7-12-10(15)13-9(11)14;1-10-4-9-6-5(10)7(13)12(3)8(14)11(6)2;1-6(10)9-7-2-4-8(11)5-3-7/h4,8H,1,5-7H2,2-3H3,(H2,12,13,14,15);4H,1-3H3;2-5,11H,1H3,(H,9,10). The summed E-state index contributed by atoms with van der Waals surface area (Å²) in [5.74, 6) is 0.306. The summed E-state index contributed by atoms with van der Waals surface area (Å²) in [6.07, 6.45) is 4.60. The normalized spacial score (nSPS) is 16.2. The Morgan fingerprint density at radius 3 is 2.30 bits per heavy atom. The number of nitrogens with zero attached hydrogens (tertiary/aromatic N) is 4. The van der Waals surface area contributed by atoms with E-state index in [2.05, 4.69) is 41.4 Å². The Hall–Kier alpha value is -4.68. The van der Waals surface area contributed by atoms with Crippen molar-refractivity contribution in [2.45, 2.75) is 33.6 Å². The molecule has 0 spiro atoms. The van der Waals surface area contributed by atoms with Crippen LogP contribution in [0.3, 0.4) is 0 Å². The Morgan fingerprint density at radius 1 is 1.15 bits per heavy atom. The van der Waals surface area contributed by atoms with Crippen molar-refractivity contribution in [3.8, 4) is 5.75 Å². The number of aromatic nitrogens is 4. The summed E-state index contributed by atoms with van der Waals surface area (Å²) in [5.41, 5.74) is 0.360. The summed E-state index contributed by atoms with van der Waals surface area (Å²) in [5, 5.41) is 16.5. The first-order chi connectivity index (χ1) is 18.7. The average molecular weight is 556 g/mol. The summed E-state index contributed by atoms with van der Waals surface area (Å²) in [7, 11) is 4.77. The molecule has 3 heterocycles. The molecule has 40 heavy (non-hydrogen) atoms. The highest BCUT2D eigenvalue weighted by atomic mass is 16.3. The molecule has 4 rings (SSSR count). The number of aromatic hydroxyl groups is 1. The molecule has 4 amide bonds. The van der Waals surface area contributed by atoms with Crippen molar-refractivity contribution >= 4 is 34.7 Å². The molecule has 216 valence electrons. The maximum Gasteiger partial charge on any atom is 0.332 e. The number of fused-ring (bicyclic) bond motifs is 1. The van der Waals surface area contributed by atoms with Gasteiger partial charge in [-0.2, -0.15) is 0 Å². The summed E-state index contributed by atoms with van der Waals surface area (Å²) in [4.78, 5) is 60.5. The van der Waals surface area contributed by atoms with Gasteiger partial charge in [0.05, 0.1) is 11.7 Å². The van der Waals surface area contributed by atoms with Crippen LogP contribution in [0, 0.1) is 11.3 Å². The molecule has 13 heteroatoms. The molecule has 1 aliphatic heterocycles. The van der Waals surface area contributed by atoms with Gasteiger partial charge in [0.2, 0.25) is 11.8 Å². The molecule has 1 unspecified atom stereocenters. The van der Waals surface area contributed by atoms with Crippen LogP contribution in [0.1, 0.15) is 33.6 Å². The van der Waals surface area contributed by atoms with E-state index in [1.807, 2.05) is 0 Å². The van der Waals surface area contributed by atoms with Gasteiger partial charge in [0, 0.05) is 40.3 Å². The van der Waals surface area contributed by atoms with E-state index in [0.29, 0.717) is 35.7 Å². The van der Waals surface area contributed by atoms with Crippen LogP contribution >= 0.6 is 0 Å². The third kappa shape index (κ3) is 7.68. The fourth-order valence-electron chi connectivity index (χ4n) is 4.30. The SMILES string of the molecule is C=CCC1(CC(C)C)CNC(=O)NC1=O.CC(=O)Nc1ccc(O)cc1.Cn1c(=O)c2c(ncn2C)n(C)c1=O. The monoisotopic (exact) mass is 555 g/mol. The number of nitrogens with one attached hydrogen (secondary N) is 3. The van der Waals surface area contributed by atoms with Crippen molar-refractivity contribution in [2.24, 2.45) is 32.5 Å². The van der Waals surface area contributed by atoms with Gasteiger partial charge < -0.3 is 20.3 Å². The maximum absolute atomic E-state index is 11.8. The van der Waals surface area contributed by atoms with Crippen molar-refractivity contribution in [3.63, 3.8) is 0 Å². The lowest BCUT2D eigenvalue weighted by Gasteiger charge is -2.36. The minimum absolute atomic E-state index is 0.115. The molecule has 1 fully saturated rings. The van der Waals surface area contributed by atoms with E-state index in [0.717, 1.165) is 11.0 Å². The summed E-state index contributed by atoms with van der Waals surface area (Å²) in [6.45, 7) is 9.64. The third-order valence-corrected chi connectivity index (χ3v) is 6.13. The molecule has 0 radical (unpaired) electrons. The van der Waals surface area contributed by atoms with Gasteiger partial charge in [-0.15, -0.1) is 6.58 Å². The first-order valence-electron chi connectivity index (χ1n) is 12.6. The van der Waals surface area contributed by atoms with E-state index in [1.54, 1.807) is 36.9 Å². The quantitative estimate of drug-likeness (QED) is 0.275. The van der Waals surface area contributed by atoms with Gasteiger partial charge in [-0.1, -0.05) is 19.9 Å². The number of benzene rings is 1. The van der Waals surface area contributed by atoms with Crippen LogP contribution in [-0.4, -0.2) is 48.2 Å². The van der Waals surface area contributed by atoms with E-state index < -0.39 is 11.4 Å². The van der Waals surface area contributed by atoms with Crippen molar-refractivity contribution < 1.29 is 19.5 Å². The van der Waals surface area contributed by atoms with Crippen LogP contribution < -0.4 is 27.2 Å². The van der Waals surface area contributed by atoms with Crippen LogP contribution in [0.4, 0.5) is 10.5 Å². The molecule has 0 bridgehead atoms. The van der Waals surface area contributed by atoms with E-state index >= 15 is 0 Å². The number of carbonyl (C=O) groups excluding carboxylic acids is 3. The Balaban J connectivity index is 0.000000213. The molecule has 13 nitrogen and oxygen atoms in total. The fourth-order valence-corrected chi connectivity index (χ4v) is 4.30. The zero-order chi connectivity index (χ0) is 30.2. The molecule has 3 aromatic rings. The number of hydrogen-bond acceptors (Lipinski definition) is 7. The lowest BCUT2D eigenvalue weighted by molar-refractivity contribution is -0.131. The van der Waals surface area contributed by atoms with Crippen molar-refractivity contribution in [2.75, 3.05) is 11.9 Å². The van der Waals surface area contributed by atoms with Gasteiger partial charge in [-0.05, 0) is 43.0 Å². The number of phenolic OH excluding ortho intramolecular Hbond substituents is 1. The van der Waals surface area contributed by atoms with Gasteiger partial charge in [-0.25, -0.2) is 14.6 Å². The lowest BCUT2D eigenvalue weighted by Crippen LogP contribution is -2.59. The van der Waals surface area contributed by atoms with Gasteiger partial charge >= 0.3 is 11.7 Å². The second-order valence-corrected chi connectivity index (χ2v) is 9.97. The Kier molecular flexibility index (Phi) is 10.6. The highest BCUT2D eigenvalue weighted by molar-refractivity contribution is 6.00. The molecule has 0 aliphatic carbocycles. The largest absolute Gasteiger partial charge is 0.508 e. The average Bonchev–Trinajstić information content (AvgIpc) is 3.27. The highest BCUT2D eigenvalue weighted by Crippen LogP contribution is 2.32. The minimum Gasteiger partial charge on any atom is -0.508 e. The topological polar surface area (TPSA) is 169 Å². The first-order valence-corrected chi connectivity index (χ1v) is 12.6. The first kappa shape index (κ1) is 31.5. The van der Waals surface area contributed by atoms with Gasteiger partial charge in [0.15, 0.2) is 11.2 Å². The molecular weight excluding hydrogens is 518 g/mol. The van der Waals surface area contributed by atoms with Crippen molar-refractivity contribution in [3.05, 3.63) is 64.1 Å². The molecule has 2 aromatic heterocycles. The number of imide groups is 1. The number of imidazole rings is 1. The second kappa shape index (κ2) is 13.4. The van der Waals surface area contributed by atoms with Gasteiger partial charge in [-0.3, -0.25) is 28.8 Å². The second-order valence-electron chi connectivity index (χ2n) is 9.97. The Bertz CT molecular complexity index is 1500. The number of anilines is 1. The zero-order valence-corrected chi connectivity index (χ0v) is 23.6. The predicted octanol–water partition coefficient (Wildman–Crippen LogP) is 1.76.